The van der Waals surface area contributed by atoms with Crippen LogP contribution in [0.1, 0.15) is 64.6 Å². The Bertz CT molecular complexity index is 627. The van der Waals surface area contributed by atoms with Crippen molar-refractivity contribution in [3.8, 4) is 0 Å². The van der Waals surface area contributed by atoms with Crippen LogP contribution in [-0.4, -0.2) is 36.3 Å². The van der Waals surface area contributed by atoms with Crippen LogP contribution in [0.2, 0.25) is 0 Å². The van der Waals surface area contributed by atoms with E-state index in [1.165, 1.54) is 48.9 Å². The summed E-state index contributed by atoms with van der Waals surface area (Å²) in [6, 6.07) is 7.50. The SMILES string of the molecule is CC1CCN(C2CCc3cc(B4OC(C)(C)C(C)(C)O4)ccc32)C1. The van der Waals surface area contributed by atoms with E-state index in [0.717, 1.165) is 5.92 Å². The van der Waals surface area contributed by atoms with Crippen LogP contribution in [0, 0.1) is 5.92 Å². The lowest BCUT2D eigenvalue weighted by Crippen LogP contribution is -2.41. The van der Waals surface area contributed by atoms with Crippen LogP contribution in [-0.2, 0) is 15.7 Å². The molecule has 0 spiro atoms. The van der Waals surface area contributed by atoms with Crippen LogP contribution in [0.3, 0.4) is 0 Å². The quantitative estimate of drug-likeness (QED) is 0.778. The van der Waals surface area contributed by atoms with Crippen molar-refractivity contribution in [2.75, 3.05) is 13.1 Å². The second-order valence-corrected chi connectivity index (χ2v) is 8.99. The van der Waals surface area contributed by atoms with Crippen molar-refractivity contribution in [1.82, 2.24) is 4.90 Å². The molecular formula is C20H30BNO2. The van der Waals surface area contributed by atoms with Crippen molar-refractivity contribution in [2.24, 2.45) is 5.92 Å². The van der Waals surface area contributed by atoms with Gasteiger partial charge in [-0.15, -0.1) is 0 Å². The van der Waals surface area contributed by atoms with Gasteiger partial charge in [0.05, 0.1) is 11.2 Å². The van der Waals surface area contributed by atoms with Gasteiger partial charge in [-0.2, -0.15) is 0 Å². The summed E-state index contributed by atoms with van der Waals surface area (Å²) in [5, 5.41) is 0. The first kappa shape index (κ1) is 16.6. The summed E-state index contributed by atoms with van der Waals surface area (Å²) >= 11 is 0. The highest BCUT2D eigenvalue weighted by molar-refractivity contribution is 6.62. The van der Waals surface area contributed by atoms with Crippen molar-refractivity contribution in [3.05, 3.63) is 29.3 Å². The Balaban J connectivity index is 1.55. The predicted molar refractivity (Wildman–Crippen MR) is 98.6 cm³/mol. The summed E-state index contributed by atoms with van der Waals surface area (Å²) in [6.07, 6.45) is 3.78. The summed E-state index contributed by atoms with van der Waals surface area (Å²) in [5.41, 5.74) is 3.65. The number of rotatable bonds is 2. The molecular weight excluding hydrogens is 297 g/mol. The fourth-order valence-electron chi connectivity index (χ4n) is 4.37. The van der Waals surface area contributed by atoms with Crippen LogP contribution >= 0.6 is 0 Å². The molecule has 2 saturated heterocycles. The molecule has 2 atom stereocenters. The van der Waals surface area contributed by atoms with Crippen molar-refractivity contribution in [3.63, 3.8) is 0 Å². The van der Waals surface area contributed by atoms with Gasteiger partial charge in [0.15, 0.2) is 0 Å². The molecule has 0 amide bonds. The highest BCUT2D eigenvalue weighted by atomic mass is 16.7. The van der Waals surface area contributed by atoms with Gasteiger partial charge >= 0.3 is 7.12 Å². The normalized spacial score (nSPS) is 31.6. The van der Waals surface area contributed by atoms with E-state index in [2.05, 4.69) is 57.7 Å². The molecule has 2 heterocycles. The molecule has 24 heavy (non-hydrogen) atoms. The van der Waals surface area contributed by atoms with Crippen molar-refractivity contribution >= 4 is 12.6 Å². The monoisotopic (exact) mass is 327 g/mol. The lowest BCUT2D eigenvalue weighted by Gasteiger charge is -2.32. The number of likely N-dealkylation sites (tertiary alicyclic amines) is 1. The smallest absolute Gasteiger partial charge is 0.399 e. The highest BCUT2D eigenvalue weighted by Crippen LogP contribution is 2.39. The molecule has 2 aliphatic heterocycles. The van der Waals surface area contributed by atoms with Gasteiger partial charge < -0.3 is 9.31 Å². The summed E-state index contributed by atoms with van der Waals surface area (Å²) in [5.74, 6) is 0.845. The molecule has 0 bridgehead atoms. The van der Waals surface area contributed by atoms with E-state index in [4.69, 9.17) is 9.31 Å². The molecule has 3 nitrogen and oxygen atoms in total. The number of fused-ring (bicyclic) bond motifs is 1. The first-order valence-corrected chi connectivity index (χ1v) is 9.49. The number of hydrogen-bond donors (Lipinski definition) is 0. The highest BCUT2D eigenvalue weighted by Gasteiger charge is 2.51. The molecule has 0 aromatic heterocycles. The maximum atomic E-state index is 6.22. The zero-order chi connectivity index (χ0) is 17.1. The Labute approximate surface area is 146 Å². The molecule has 4 heteroatoms. The van der Waals surface area contributed by atoms with E-state index in [9.17, 15) is 0 Å². The molecule has 4 rings (SSSR count). The van der Waals surface area contributed by atoms with Gasteiger partial charge in [-0.1, -0.05) is 25.1 Å². The van der Waals surface area contributed by atoms with Crippen molar-refractivity contribution < 1.29 is 9.31 Å². The van der Waals surface area contributed by atoms with Gasteiger partial charge in [0, 0.05) is 12.6 Å². The van der Waals surface area contributed by atoms with E-state index >= 15 is 0 Å². The topological polar surface area (TPSA) is 21.7 Å². The Hall–Kier alpha value is -0.835. The number of hydrogen-bond acceptors (Lipinski definition) is 3. The Kier molecular flexibility index (Phi) is 3.87. The molecule has 0 radical (unpaired) electrons. The van der Waals surface area contributed by atoms with Crippen LogP contribution in [0.5, 0.6) is 0 Å². The van der Waals surface area contributed by atoms with Gasteiger partial charge in [0.1, 0.15) is 0 Å². The molecule has 0 N–H and O–H groups in total. The Morgan fingerprint density at radius 3 is 2.42 bits per heavy atom. The summed E-state index contributed by atoms with van der Waals surface area (Å²) in [6.45, 7) is 13.3. The second-order valence-electron chi connectivity index (χ2n) is 8.99. The van der Waals surface area contributed by atoms with E-state index in [0.29, 0.717) is 6.04 Å². The molecule has 1 aromatic rings. The zero-order valence-corrected chi connectivity index (χ0v) is 15.8. The number of benzene rings is 1. The summed E-state index contributed by atoms with van der Waals surface area (Å²) in [4.78, 5) is 2.69. The maximum Gasteiger partial charge on any atom is 0.494 e. The molecule has 2 unspecified atom stereocenters. The van der Waals surface area contributed by atoms with Crippen LogP contribution in [0.4, 0.5) is 0 Å². The largest absolute Gasteiger partial charge is 0.494 e. The third-order valence-electron chi connectivity index (χ3n) is 6.63. The minimum absolute atomic E-state index is 0.244. The second kappa shape index (κ2) is 5.58. The van der Waals surface area contributed by atoms with Crippen molar-refractivity contribution in [2.45, 2.75) is 71.1 Å². The van der Waals surface area contributed by atoms with E-state index in [1.807, 2.05) is 0 Å². The van der Waals surface area contributed by atoms with Gasteiger partial charge in [0.25, 0.3) is 0 Å². The van der Waals surface area contributed by atoms with Gasteiger partial charge in [-0.3, -0.25) is 4.90 Å². The number of aryl methyl sites for hydroxylation is 1. The molecule has 130 valence electrons. The lowest BCUT2D eigenvalue weighted by molar-refractivity contribution is 0.00578. The third-order valence-corrected chi connectivity index (χ3v) is 6.63. The Morgan fingerprint density at radius 1 is 1.08 bits per heavy atom. The average Bonchev–Trinajstić information content (AvgIpc) is 3.15. The van der Waals surface area contributed by atoms with Crippen LogP contribution in [0.25, 0.3) is 0 Å². The fraction of sp³-hybridized carbons (Fsp3) is 0.700. The van der Waals surface area contributed by atoms with Crippen molar-refractivity contribution in [1.29, 1.82) is 0 Å². The predicted octanol–water partition coefficient (Wildman–Crippen LogP) is 3.31. The molecule has 1 aromatic carbocycles. The number of nitrogens with zero attached hydrogens (tertiary/aromatic N) is 1. The maximum absolute atomic E-state index is 6.22. The van der Waals surface area contributed by atoms with Gasteiger partial charge in [-0.05, 0) is 76.0 Å². The summed E-state index contributed by atoms with van der Waals surface area (Å²) < 4.78 is 12.4. The third kappa shape index (κ3) is 2.63. The fourth-order valence-corrected chi connectivity index (χ4v) is 4.37. The van der Waals surface area contributed by atoms with E-state index in [-0.39, 0.29) is 18.3 Å². The molecule has 2 fully saturated rings. The molecule has 0 saturated carbocycles. The van der Waals surface area contributed by atoms with Crippen LogP contribution < -0.4 is 5.46 Å². The van der Waals surface area contributed by atoms with E-state index < -0.39 is 0 Å². The molecule has 1 aliphatic carbocycles. The van der Waals surface area contributed by atoms with Gasteiger partial charge in [-0.25, -0.2) is 0 Å². The van der Waals surface area contributed by atoms with Crippen LogP contribution in [0.15, 0.2) is 18.2 Å². The van der Waals surface area contributed by atoms with E-state index in [1.54, 1.807) is 0 Å². The average molecular weight is 327 g/mol. The minimum Gasteiger partial charge on any atom is -0.399 e. The van der Waals surface area contributed by atoms with Gasteiger partial charge in [0.2, 0.25) is 0 Å². The minimum atomic E-state index is -0.273. The molecule has 3 aliphatic rings. The standard InChI is InChI=1S/C20H30BNO2/c1-14-10-11-22(13-14)18-9-6-15-12-16(7-8-17(15)18)21-23-19(2,3)20(4,5)24-21/h7-8,12,14,18H,6,9-11,13H2,1-5H3. The first-order valence-electron chi connectivity index (χ1n) is 9.49. The first-order chi connectivity index (χ1) is 11.3. The lowest BCUT2D eigenvalue weighted by atomic mass is 9.78. The zero-order valence-electron chi connectivity index (χ0n) is 15.8. The summed E-state index contributed by atoms with van der Waals surface area (Å²) in [7, 11) is -0.244. The Morgan fingerprint density at radius 2 is 1.79 bits per heavy atom.